The Morgan fingerprint density at radius 2 is 2.00 bits per heavy atom. The lowest BCUT2D eigenvalue weighted by molar-refractivity contribution is -0.118. The monoisotopic (exact) mass is 282 g/mol. The van der Waals surface area contributed by atoms with Crippen LogP contribution >= 0.6 is 0 Å². The van der Waals surface area contributed by atoms with Gasteiger partial charge in [-0.15, -0.1) is 0 Å². The van der Waals surface area contributed by atoms with Crippen molar-refractivity contribution < 1.29 is 9.90 Å². The van der Waals surface area contributed by atoms with Crippen LogP contribution < -0.4 is 0 Å². The minimum absolute atomic E-state index is 0.0286. The molecule has 5 unspecified atom stereocenters. The fourth-order valence-electron chi connectivity index (χ4n) is 5.35. The van der Waals surface area contributed by atoms with Crippen LogP contribution in [-0.4, -0.2) is 10.9 Å². The van der Waals surface area contributed by atoms with E-state index in [1.807, 2.05) is 18.2 Å². The minimum Gasteiger partial charge on any atom is -0.385 e. The molecule has 3 aliphatic rings. The summed E-state index contributed by atoms with van der Waals surface area (Å²) in [6.45, 7) is 2.26. The van der Waals surface area contributed by atoms with E-state index in [2.05, 4.69) is 25.1 Å². The highest BCUT2D eigenvalue weighted by molar-refractivity contribution is 5.91. The Hall–Kier alpha value is -1.41. The van der Waals surface area contributed by atoms with Crippen LogP contribution in [0.25, 0.3) is 0 Å². The molecule has 1 spiro atoms. The Kier molecular flexibility index (Phi) is 2.71. The lowest BCUT2D eigenvalue weighted by Crippen LogP contribution is -2.38. The molecular formula is C19H22O2. The van der Waals surface area contributed by atoms with Crippen LogP contribution in [0.3, 0.4) is 0 Å². The molecule has 2 nitrogen and oxygen atoms in total. The van der Waals surface area contributed by atoms with Crippen molar-refractivity contribution in [3.63, 3.8) is 0 Å². The average molecular weight is 282 g/mol. The molecule has 5 atom stereocenters. The Morgan fingerprint density at radius 1 is 1.24 bits per heavy atom. The van der Waals surface area contributed by atoms with Crippen LogP contribution in [0.5, 0.6) is 0 Å². The molecule has 0 amide bonds. The highest BCUT2D eigenvalue weighted by Crippen LogP contribution is 2.65. The molecule has 2 heteroatoms. The Morgan fingerprint density at radius 3 is 2.76 bits per heavy atom. The maximum atomic E-state index is 11.8. The van der Waals surface area contributed by atoms with E-state index in [0.29, 0.717) is 24.2 Å². The molecule has 21 heavy (non-hydrogen) atoms. The molecule has 3 aliphatic carbocycles. The van der Waals surface area contributed by atoms with Crippen molar-refractivity contribution in [2.24, 2.45) is 23.2 Å². The first-order valence-corrected chi connectivity index (χ1v) is 8.03. The maximum absolute atomic E-state index is 11.8. The van der Waals surface area contributed by atoms with Crippen molar-refractivity contribution >= 4 is 5.78 Å². The molecule has 1 N–H and O–H groups in total. The number of ketones is 1. The van der Waals surface area contributed by atoms with Crippen molar-refractivity contribution in [1.29, 1.82) is 0 Å². The predicted molar refractivity (Wildman–Crippen MR) is 81.5 cm³/mol. The van der Waals surface area contributed by atoms with Crippen LogP contribution in [0.4, 0.5) is 0 Å². The van der Waals surface area contributed by atoms with E-state index in [4.69, 9.17) is 0 Å². The summed E-state index contributed by atoms with van der Waals surface area (Å²) in [6, 6.07) is 10.1. The third-order valence-electron chi connectivity index (χ3n) is 6.28. The number of rotatable bonds is 1. The van der Waals surface area contributed by atoms with Gasteiger partial charge in [0, 0.05) is 6.42 Å². The van der Waals surface area contributed by atoms with Gasteiger partial charge in [-0.1, -0.05) is 43.3 Å². The van der Waals surface area contributed by atoms with Gasteiger partial charge in [-0.2, -0.15) is 0 Å². The molecule has 110 valence electrons. The fourth-order valence-corrected chi connectivity index (χ4v) is 5.35. The smallest absolute Gasteiger partial charge is 0.155 e. The topological polar surface area (TPSA) is 37.3 Å². The minimum atomic E-state index is -0.727. The second-order valence-electron chi connectivity index (χ2n) is 7.42. The van der Waals surface area contributed by atoms with E-state index in [-0.39, 0.29) is 11.2 Å². The van der Waals surface area contributed by atoms with E-state index in [9.17, 15) is 9.90 Å². The molecule has 4 rings (SSSR count). The highest BCUT2D eigenvalue weighted by Gasteiger charge is 2.61. The van der Waals surface area contributed by atoms with Crippen LogP contribution in [0.1, 0.15) is 38.2 Å². The van der Waals surface area contributed by atoms with Gasteiger partial charge in [0.25, 0.3) is 0 Å². The highest BCUT2D eigenvalue weighted by atomic mass is 16.3. The Labute approximate surface area is 125 Å². The average Bonchev–Trinajstić information content (AvgIpc) is 2.72. The van der Waals surface area contributed by atoms with Crippen molar-refractivity contribution in [3.05, 3.63) is 48.0 Å². The number of carbonyl (C=O) groups excluding carboxylic acids is 1. The van der Waals surface area contributed by atoms with Crippen molar-refractivity contribution in [2.45, 2.75) is 38.2 Å². The predicted octanol–water partition coefficient (Wildman–Crippen LogP) is 3.46. The number of benzene rings is 1. The molecular weight excluding hydrogens is 260 g/mol. The summed E-state index contributed by atoms with van der Waals surface area (Å²) in [5.74, 6) is 1.48. The van der Waals surface area contributed by atoms with Gasteiger partial charge < -0.3 is 5.11 Å². The molecule has 1 aromatic carbocycles. The number of allylic oxidation sites excluding steroid dienone is 2. The second kappa shape index (κ2) is 4.30. The molecule has 0 aromatic heterocycles. The summed E-state index contributed by atoms with van der Waals surface area (Å²) in [5.41, 5.74) is 0.348. The molecule has 0 saturated heterocycles. The van der Waals surface area contributed by atoms with Crippen molar-refractivity contribution in [2.75, 3.05) is 0 Å². The zero-order valence-electron chi connectivity index (χ0n) is 12.5. The van der Waals surface area contributed by atoms with Gasteiger partial charge in [-0.05, 0) is 54.1 Å². The summed E-state index contributed by atoms with van der Waals surface area (Å²) in [4.78, 5) is 11.8. The SMILES string of the molecule is CC1CC2CC3(C=CC(=O)CC13)CC2(O)c1ccccc1. The lowest BCUT2D eigenvalue weighted by Gasteiger charge is -2.44. The molecule has 0 radical (unpaired) electrons. The van der Waals surface area contributed by atoms with Gasteiger partial charge in [0.1, 0.15) is 0 Å². The number of hydrogen-bond donors (Lipinski definition) is 1. The van der Waals surface area contributed by atoms with E-state index in [1.165, 1.54) is 0 Å². The summed E-state index contributed by atoms with van der Waals surface area (Å²) in [6.07, 6.45) is 7.38. The number of carbonyl (C=O) groups is 1. The number of hydrogen-bond acceptors (Lipinski definition) is 2. The van der Waals surface area contributed by atoms with E-state index < -0.39 is 5.60 Å². The lowest BCUT2D eigenvalue weighted by atomic mass is 9.59. The molecule has 0 aliphatic heterocycles. The summed E-state index contributed by atoms with van der Waals surface area (Å²) < 4.78 is 0. The van der Waals surface area contributed by atoms with E-state index in [0.717, 1.165) is 24.8 Å². The molecule has 2 saturated carbocycles. The quantitative estimate of drug-likeness (QED) is 0.856. The first-order chi connectivity index (χ1) is 10.0. The molecule has 2 fully saturated rings. The Bertz CT molecular complexity index is 605. The van der Waals surface area contributed by atoms with Gasteiger partial charge in [0.2, 0.25) is 0 Å². The normalized spacial score (nSPS) is 44.7. The zero-order valence-corrected chi connectivity index (χ0v) is 12.5. The summed E-state index contributed by atoms with van der Waals surface area (Å²) in [7, 11) is 0. The van der Waals surface area contributed by atoms with Gasteiger partial charge in [-0.3, -0.25) is 4.79 Å². The Balaban J connectivity index is 1.80. The fraction of sp³-hybridized carbons (Fsp3) is 0.526. The van der Waals surface area contributed by atoms with Gasteiger partial charge >= 0.3 is 0 Å². The summed E-state index contributed by atoms with van der Waals surface area (Å²) in [5, 5.41) is 11.4. The van der Waals surface area contributed by atoms with Crippen LogP contribution in [0, 0.1) is 23.2 Å². The third kappa shape index (κ3) is 1.78. The number of fused-ring (bicyclic) bond motifs is 1. The second-order valence-corrected chi connectivity index (χ2v) is 7.42. The van der Waals surface area contributed by atoms with Gasteiger partial charge in [0.15, 0.2) is 5.78 Å². The van der Waals surface area contributed by atoms with E-state index >= 15 is 0 Å². The first kappa shape index (κ1) is 13.3. The molecule has 2 bridgehead atoms. The zero-order chi connectivity index (χ0) is 14.7. The largest absolute Gasteiger partial charge is 0.385 e. The number of aliphatic hydroxyl groups is 1. The molecule has 1 aromatic rings. The first-order valence-electron chi connectivity index (χ1n) is 8.03. The standard InChI is InChI=1S/C19H22O2/c1-13-9-15-11-18(8-7-16(20)10-17(13)18)12-19(15,21)14-5-3-2-4-6-14/h2-8,13,15,17,21H,9-12H2,1H3. The third-order valence-corrected chi connectivity index (χ3v) is 6.28. The van der Waals surface area contributed by atoms with Crippen molar-refractivity contribution in [1.82, 2.24) is 0 Å². The maximum Gasteiger partial charge on any atom is 0.155 e. The summed E-state index contributed by atoms with van der Waals surface area (Å²) >= 11 is 0. The van der Waals surface area contributed by atoms with Crippen LogP contribution in [0.2, 0.25) is 0 Å². The van der Waals surface area contributed by atoms with Gasteiger partial charge in [-0.25, -0.2) is 0 Å². The van der Waals surface area contributed by atoms with Crippen molar-refractivity contribution in [3.8, 4) is 0 Å². The van der Waals surface area contributed by atoms with Crippen LogP contribution in [-0.2, 0) is 10.4 Å². The van der Waals surface area contributed by atoms with E-state index in [1.54, 1.807) is 6.08 Å². The van der Waals surface area contributed by atoms with Gasteiger partial charge in [0.05, 0.1) is 5.60 Å². The van der Waals surface area contributed by atoms with Crippen LogP contribution in [0.15, 0.2) is 42.5 Å². The molecule has 0 heterocycles.